The van der Waals surface area contributed by atoms with Gasteiger partial charge in [-0.15, -0.1) is 0 Å². The molecule has 23 heavy (non-hydrogen) atoms. The summed E-state index contributed by atoms with van der Waals surface area (Å²) in [6, 6.07) is 8.82. The van der Waals surface area contributed by atoms with Gasteiger partial charge in [0.25, 0.3) is 5.91 Å². The first kappa shape index (κ1) is 16.9. The molecule has 0 bridgehead atoms. The van der Waals surface area contributed by atoms with E-state index in [1.807, 2.05) is 0 Å². The van der Waals surface area contributed by atoms with E-state index < -0.39 is 17.5 Å². The van der Waals surface area contributed by atoms with Crippen LogP contribution >= 0.6 is 0 Å². The fourth-order valence-electron chi connectivity index (χ4n) is 2.04. The lowest BCUT2D eigenvalue weighted by atomic mass is 10.1. The molecule has 6 heteroatoms. The predicted molar refractivity (Wildman–Crippen MR) is 81.3 cm³/mol. The first-order valence-electron chi connectivity index (χ1n) is 7.08. The van der Waals surface area contributed by atoms with Crippen LogP contribution in [0.3, 0.4) is 0 Å². The van der Waals surface area contributed by atoms with Crippen molar-refractivity contribution in [3.8, 4) is 5.75 Å². The zero-order chi connectivity index (χ0) is 16.8. The second-order valence-electron chi connectivity index (χ2n) is 4.94. The number of carbonyl (C=O) groups is 1. The molecule has 2 aromatic carbocycles. The third-order valence-electron chi connectivity index (χ3n) is 3.25. The number of aliphatic hydroxyl groups excluding tert-OH is 1. The number of hydrogen-bond acceptors (Lipinski definition) is 3. The number of para-hydroxylation sites is 1. The van der Waals surface area contributed by atoms with Gasteiger partial charge >= 0.3 is 0 Å². The molecule has 0 saturated heterocycles. The van der Waals surface area contributed by atoms with Gasteiger partial charge in [-0.25, -0.2) is 8.78 Å². The van der Waals surface area contributed by atoms with Crippen LogP contribution in [0, 0.1) is 18.6 Å². The molecule has 0 spiro atoms. The molecule has 0 atom stereocenters. The van der Waals surface area contributed by atoms with E-state index >= 15 is 0 Å². The molecule has 0 aliphatic heterocycles. The SMILES string of the molecule is Cc1cc(F)c(C(=O)NCc2ccccc2OCCO)cc1F. The Bertz CT molecular complexity index is 704. The zero-order valence-electron chi connectivity index (χ0n) is 12.6. The van der Waals surface area contributed by atoms with Gasteiger partial charge < -0.3 is 15.2 Å². The maximum Gasteiger partial charge on any atom is 0.254 e. The van der Waals surface area contributed by atoms with E-state index in [1.165, 1.54) is 6.92 Å². The van der Waals surface area contributed by atoms with Crippen molar-refractivity contribution in [2.24, 2.45) is 0 Å². The van der Waals surface area contributed by atoms with Crippen LogP contribution in [0.1, 0.15) is 21.5 Å². The summed E-state index contributed by atoms with van der Waals surface area (Å²) in [6.07, 6.45) is 0. The van der Waals surface area contributed by atoms with Gasteiger partial charge in [0.1, 0.15) is 24.0 Å². The molecule has 2 aromatic rings. The lowest BCUT2D eigenvalue weighted by Crippen LogP contribution is -2.24. The van der Waals surface area contributed by atoms with Crippen LogP contribution in [0.15, 0.2) is 36.4 Å². The summed E-state index contributed by atoms with van der Waals surface area (Å²) >= 11 is 0. The van der Waals surface area contributed by atoms with Gasteiger partial charge in [0.2, 0.25) is 0 Å². The monoisotopic (exact) mass is 321 g/mol. The number of halogens is 2. The molecular formula is C17H17F2NO3. The van der Waals surface area contributed by atoms with Crippen molar-refractivity contribution in [2.75, 3.05) is 13.2 Å². The number of amides is 1. The summed E-state index contributed by atoms with van der Waals surface area (Å²) in [5.41, 5.74) is 0.464. The Labute approximate surface area is 132 Å². The Morgan fingerprint density at radius 1 is 1.22 bits per heavy atom. The largest absolute Gasteiger partial charge is 0.491 e. The van der Waals surface area contributed by atoms with Gasteiger partial charge in [0.05, 0.1) is 12.2 Å². The van der Waals surface area contributed by atoms with Crippen LogP contribution in [-0.4, -0.2) is 24.2 Å². The molecule has 4 nitrogen and oxygen atoms in total. The highest BCUT2D eigenvalue weighted by molar-refractivity contribution is 5.94. The number of carbonyl (C=O) groups excluding carboxylic acids is 1. The smallest absolute Gasteiger partial charge is 0.254 e. The number of nitrogens with one attached hydrogen (secondary N) is 1. The maximum atomic E-state index is 13.8. The van der Waals surface area contributed by atoms with Crippen LogP contribution in [-0.2, 0) is 6.54 Å². The summed E-state index contributed by atoms with van der Waals surface area (Å²) in [4.78, 5) is 12.0. The third kappa shape index (κ3) is 4.26. The van der Waals surface area contributed by atoms with Crippen LogP contribution < -0.4 is 10.1 Å². The van der Waals surface area contributed by atoms with Gasteiger partial charge in [-0.1, -0.05) is 18.2 Å². The van der Waals surface area contributed by atoms with E-state index in [-0.39, 0.29) is 30.9 Å². The van der Waals surface area contributed by atoms with E-state index in [2.05, 4.69) is 5.32 Å². The number of aliphatic hydroxyl groups is 1. The highest BCUT2D eigenvalue weighted by atomic mass is 19.1. The van der Waals surface area contributed by atoms with E-state index in [1.54, 1.807) is 24.3 Å². The predicted octanol–water partition coefficient (Wildman–Crippen LogP) is 2.57. The Kier molecular flexibility index (Phi) is 5.65. The van der Waals surface area contributed by atoms with Crippen molar-refractivity contribution in [3.05, 3.63) is 64.7 Å². The number of benzene rings is 2. The molecule has 2 N–H and O–H groups in total. The third-order valence-corrected chi connectivity index (χ3v) is 3.25. The first-order valence-corrected chi connectivity index (χ1v) is 7.08. The van der Waals surface area contributed by atoms with Gasteiger partial charge in [-0.05, 0) is 30.7 Å². The van der Waals surface area contributed by atoms with Gasteiger partial charge in [-0.3, -0.25) is 4.79 Å². The van der Waals surface area contributed by atoms with Crippen molar-refractivity contribution < 1.29 is 23.4 Å². The van der Waals surface area contributed by atoms with Crippen molar-refractivity contribution >= 4 is 5.91 Å². The number of hydrogen-bond donors (Lipinski definition) is 2. The molecule has 0 aliphatic rings. The molecule has 1 amide bonds. The Balaban J connectivity index is 2.09. The van der Waals surface area contributed by atoms with E-state index in [4.69, 9.17) is 9.84 Å². The summed E-state index contributed by atoms with van der Waals surface area (Å²) in [5, 5.41) is 11.3. The van der Waals surface area contributed by atoms with E-state index in [0.29, 0.717) is 11.3 Å². The lowest BCUT2D eigenvalue weighted by Gasteiger charge is -2.12. The molecule has 0 heterocycles. The minimum atomic E-state index is -0.772. The first-order chi connectivity index (χ1) is 11.0. The quantitative estimate of drug-likeness (QED) is 0.860. The summed E-state index contributed by atoms with van der Waals surface area (Å²) in [7, 11) is 0. The highest BCUT2D eigenvalue weighted by Gasteiger charge is 2.15. The molecule has 0 radical (unpaired) electrons. The minimum absolute atomic E-state index is 0.0926. The molecule has 0 aliphatic carbocycles. The maximum absolute atomic E-state index is 13.8. The normalized spacial score (nSPS) is 10.4. The zero-order valence-corrected chi connectivity index (χ0v) is 12.6. The van der Waals surface area contributed by atoms with Gasteiger partial charge in [0.15, 0.2) is 0 Å². The molecule has 2 rings (SSSR count). The van der Waals surface area contributed by atoms with Crippen LogP contribution in [0.25, 0.3) is 0 Å². The minimum Gasteiger partial charge on any atom is -0.491 e. The van der Waals surface area contributed by atoms with Crippen LogP contribution in [0.2, 0.25) is 0 Å². The Morgan fingerprint density at radius 2 is 1.96 bits per heavy atom. The molecular weight excluding hydrogens is 304 g/mol. The van der Waals surface area contributed by atoms with E-state index in [0.717, 1.165) is 12.1 Å². The average molecular weight is 321 g/mol. The number of rotatable bonds is 6. The molecule has 0 aromatic heterocycles. The fourth-order valence-corrected chi connectivity index (χ4v) is 2.04. The fraction of sp³-hybridized carbons (Fsp3) is 0.235. The highest BCUT2D eigenvalue weighted by Crippen LogP contribution is 2.18. The van der Waals surface area contributed by atoms with Crippen molar-refractivity contribution in [2.45, 2.75) is 13.5 Å². The van der Waals surface area contributed by atoms with Crippen molar-refractivity contribution in [1.82, 2.24) is 5.32 Å². The van der Waals surface area contributed by atoms with Crippen molar-refractivity contribution in [1.29, 1.82) is 0 Å². The number of ether oxygens (including phenoxy) is 1. The topological polar surface area (TPSA) is 58.6 Å². The van der Waals surface area contributed by atoms with Crippen LogP contribution in [0.5, 0.6) is 5.75 Å². The van der Waals surface area contributed by atoms with Crippen LogP contribution in [0.4, 0.5) is 8.78 Å². The van der Waals surface area contributed by atoms with Gasteiger partial charge in [-0.2, -0.15) is 0 Å². The standard InChI is InChI=1S/C17H17F2NO3/c1-11-8-15(19)13(9-14(11)18)17(22)20-10-12-4-2-3-5-16(12)23-7-6-21/h2-5,8-9,21H,6-7,10H2,1H3,(H,20,22). The Hall–Kier alpha value is -2.47. The number of aryl methyl sites for hydroxylation is 1. The summed E-state index contributed by atoms with van der Waals surface area (Å²) in [5.74, 6) is -1.61. The molecule has 0 saturated carbocycles. The summed E-state index contributed by atoms with van der Waals surface area (Å²) in [6.45, 7) is 1.52. The molecule has 122 valence electrons. The van der Waals surface area contributed by atoms with E-state index in [9.17, 15) is 13.6 Å². The van der Waals surface area contributed by atoms with Crippen molar-refractivity contribution in [3.63, 3.8) is 0 Å². The average Bonchev–Trinajstić information content (AvgIpc) is 2.54. The molecule has 0 fully saturated rings. The second-order valence-corrected chi connectivity index (χ2v) is 4.94. The lowest BCUT2D eigenvalue weighted by molar-refractivity contribution is 0.0946. The Morgan fingerprint density at radius 3 is 2.70 bits per heavy atom. The molecule has 0 unspecified atom stereocenters. The second kappa shape index (κ2) is 7.69. The summed E-state index contributed by atoms with van der Waals surface area (Å²) < 4.78 is 32.6. The van der Waals surface area contributed by atoms with Gasteiger partial charge in [0, 0.05) is 12.1 Å².